The first-order valence-corrected chi connectivity index (χ1v) is 15.4. The van der Waals surface area contributed by atoms with Gasteiger partial charge in [0.05, 0.1) is 18.6 Å². The Balaban J connectivity index is 1.21. The zero-order valence-electron chi connectivity index (χ0n) is 23.7. The van der Waals surface area contributed by atoms with Crippen LogP contribution in [0, 0.1) is 0 Å². The number of nitrogens with zero attached hydrogens (tertiary/aromatic N) is 1. The number of benzene rings is 4. The summed E-state index contributed by atoms with van der Waals surface area (Å²) >= 11 is 2.66. The molecule has 0 radical (unpaired) electrons. The summed E-state index contributed by atoms with van der Waals surface area (Å²) in [4.78, 5) is 44.2. The number of hydrogen-bond donors (Lipinski definition) is 3. The van der Waals surface area contributed by atoms with Gasteiger partial charge in [0.25, 0.3) is 11.8 Å². The zero-order valence-corrected chi connectivity index (χ0v) is 25.3. The largest absolute Gasteiger partial charge is 0.496 e. The second-order valence-corrected chi connectivity index (χ2v) is 11.3. The number of aromatic nitrogens is 1. The lowest BCUT2D eigenvalue weighted by atomic mass is 10.1. The normalized spacial score (nSPS) is 11.0. The summed E-state index contributed by atoms with van der Waals surface area (Å²) in [5.74, 6) is -0.226. The molecule has 44 heavy (non-hydrogen) atoms. The molecule has 0 aliphatic rings. The van der Waals surface area contributed by atoms with Crippen LogP contribution < -0.4 is 20.7 Å². The Labute approximate surface area is 263 Å². The number of hydrogen-bond acceptors (Lipinski definition) is 7. The SMILES string of the molecule is COc1ccccc1-c1csc(NC(=O)CSc2cccc(NC(=O)/C(=C/c3ccccc3)NC(=O)c3ccccc3)c2)n1. The van der Waals surface area contributed by atoms with Crippen molar-refractivity contribution in [3.63, 3.8) is 0 Å². The number of thioether (sulfide) groups is 1. The van der Waals surface area contributed by atoms with Crippen LogP contribution in [-0.2, 0) is 9.59 Å². The molecule has 0 saturated heterocycles. The maximum atomic E-state index is 13.3. The number of para-hydroxylation sites is 1. The van der Waals surface area contributed by atoms with Gasteiger partial charge in [-0.3, -0.25) is 14.4 Å². The minimum absolute atomic E-state index is 0.0958. The van der Waals surface area contributed by atoms with Crippen LogP contribution in [0.1, 0.15) is 15.9 Å². The van der Waals surface area contributed by atoms with E-state index < -0.39 is 11.8 Å². The maximum absolute atomic E-state index is 13.3. The molecule has 1 aromatic heterocycles. The number of anilines is 2. The standard InChI is InChI=1S/C34H28N4O4S2/c1-42-30-18-9-8-17-27(30)29-21-44-34(37-29)38-31(39)22-43-26-16-10-15-25(20-26)35-33(41)28(19-23-11-4-2-5-12-23)36-32(40)24-13-6-3-7-14-24/h2-21H,22H2,1H3,(H,35,41)(H,36,40)(H,37,38,39)/b28-19-. The van der Waals surface area contributed by atoms with Crippen LogP contribution in [0.5, 0.6) is 5.75 Å². The lowest BCUT2D eigenvalue weighted by molar-refractivity contribution is -0.114. The summed E-state index contributed by atoms with van der Waals surface area (Å²) in [6.07, 6.45) is 1.62. The van der Waals surface area contributed by atoms with Crippen LogP contribution in [-0.4, -0.2) is 35.6 Å². The van der Waals surface area contributed by atoms with Crippen LogP contribution >= 0.6 is 23.1 Å². The van der Waals surface area contributed by atoms with Crippen molar-refractivity contribution >= 4 is 57.7 Å². The number of ether oxygens (including phenoxy) is 1. The summed E-state index contributed by atoms with van der Waals surface area (Å²) in [5.41, 5.74) is 3.38. The molecule has 0 spiro atoms. The van der Waals surface area contributed by atoms with Gasteiger partial charge < -0.3 is 20.7 Å². The Morgan fingerprint density at radius 3 is 2.36 bits per heavy atom. The van der Waals surface area contributed by atoms with Gasteiger partial charge in [-0.25, -0.2) is 4.98 Å². The summed E-state index contributed by atoms with van der Waals surface area (Å²) in [7, 11) is 1.61. The third-order valence-corrected chi connectivity index (χ3v) is 7.99. The van der Waals surface area contributed by atoms with Crippen molar-refractivity contribution in [1.82, 2.24) is 10.3 Å². The van der Waals surface area contributed by atoms with E-state index >= 15 is 0 Å². The van der Waals surface area contributed by atoms with Crippen molar-refractivity contribution in [3.05, 3.63) is 131 Å². The van der Waals surface area contributed by atoms with Crippen molar-refractivity contribution in [3.8, 4) is 17.0 Å². The predicted octanol–water partition coefficient (Wildman–Crippen LogP) is 6.96. The fourth-order valence-electron chi connectivity index (χ4n) is 4.14. The first-order chi connectivity index (χ1) is 21.5. The smallest absolute Gasteiger partial charge is 0.272 e. The molecule has 0 atom stereocenters. The molecule has 220 valence electrons. The molecule has 0 saturated carbocycles. The number of carbonyl (C=O) groups is 3. The molecule has 0 aliphatic carbocycles. The Bertz CT molecular complexity index is 1790. The molecule has 0 unspecified atom stereocenters. The Morgan fingerprint density at radius 2 is 1.59 bits per heavy atom. The van der Waals surface area contributed by atoms with Crippen molar-refractivity contribution < 1.29 is 19.1 Å². The fraction of sp³-hybridized carbons (Fsp3) is 0.0588. The van der Waals surface area contributed by atoms with Crippen molar-refractivity contribution in [2.24, 2.45) is 0 Å². The number of methoxy groups -OCH3 is 1. The molecule has 8 nitrogen and oxygen atoms in total. The average Bonchev–Trinajstić information content (AvgIpc) is 3.52. The third kappa shape index (κ3) is 8.21. The Kier molecular flexibility index (Phi) is 10.2. The van der Waals surface area contributed by atoms with Crippen molar-refractivity contribution in [2.75, 3.05) is 23.5 Å². The van der Waals surface area contributed by atoms with Crippen LogP contribution in [0.15, 0.2) is 125 Å². The zero-order chi connectivity index (χ0) is 30.7. The third-order valence-electron chi connectivity index (χ3n) is 6.23. The van der Waals surface area contributed by atoms with Gasteiger partial charge in [-0.15, -0.1) is 23.1 Å². The number of carbonyl (C=O) groups excluding carboxylic acids is 3. The highest BCUT2D eigenvalue weighted by molar-refractivity contribution is 8.00. The monoisotopic (exact) mass is 620 g/mol. The quantitative estimate of drug-likeness (QED) is 0.109. The second kappa shape index (κ2) is 14.8. The van der Waals surface area contributed by atoms with Crippen molar-refractivity contribution in [2.45, 2.75) is 4.90 Å². The van der Waals surface area contributed by atoms with Gasteiger partial charge in [0.2, 0.25) is 5.91 Å². The molecule has 3 N–H and O–H groups in total. The molecule has 5 rings (SSSR count). The van der Waals surface area contributed by atoms with E-state index in [4.69, 9.17) is 4.74 Å². The molecule has 3 amide bonds. The summed E-state index contributed by atoms with van der Waals surface area (Å²) in [6.45, 7) is 0. The van der Waals surface area contributed by atoms with Gasteiger partial charge in [-0.2, -0.15) is 0 Å². The number of thiazole rings is 1. The molecule has 1 heterocycles. The topological polar surface area (TPSA) is 109 Å². The first kappa shape index (κ1) is 30.3. The second-order valence-electron chi connectivity index (χ2n) is 9.35. The summed E-state index contributed by atoms with van der Waals surface area (Å²) in [6, 6.07) is 32.7. The van der Waals surface area contributed by atoms with Crippen LogP contribution in [0.4, 0.5) is 10.8 Å². The van der Waals surface area contributed by atoms with E-state index in [1.54, 1.807) is 55.7 Å². The molecule has 5 aromatic rings. The molecule has 10 heteroatoms. The van der Waals surface area contributed by atoms with E-state index in [0.717, 1.165) is 21.7 Å². The molecule has 0 aliphatic heterocycles. The molecule has 0 bridgehead atoms. The average molecular weight is 621 g/mol. The van der Waals surface area contributed by atoms with Gasteiger partial charge in [-0.1, -0.05) is 66.7 Å². The maximum Gasteiger partial charge on any atom is 0.272 e. The van der Waals surface area contributed by atoms with Gasteiger partial charge in [-0.05, 0) is 54.1 Å². The highest BCUT2D eigenvalue weighted by Crippen LogP contribution is 2.32. The number of rotatable bonds is 11. The highest BCUT2D eigenvalue weighted by atomic mass is 32.2. The van der Waals surface area contributed by atoms with E-state index in [-0.39, 0.29) is 17.4 Å². The van der Waals surface area contributed by atoms with E-state index in [2.05, 4.69) is 20.9 Å². The Hall–Kier alpha value is -5.19. The van der Waals surface area contributed by atoms with Gasteiger partial charge in [0.1, 0.15) is 11.4 Å². The van der Waals surface area contributed by atoms with E-state index in [9.17, 15) is 14.4 Å². The van der Waals surface area contributed by atoms with Crippen molar-refractivity contribution in [1.29, 1.82) is 0 Å². The highest BCUT2D eigenvalue weighted by Gasteiger charge is 2.16. The van der Waals surface area contributed by atoms with Gasteiger partial charge in [0, 0.05) is 27.1 Å². The number of nitrogens with one attached hydrogen (secondary N) is 3. The van der Waals surface area contributed by atoms with E-state index in [0.29, 0.717) is 22.1 Å². The van der Waals surface area contributed by atoms with E-state index in [1.165, 1.54) is 23.1 Å². The fourth-order valence-corrected chi connectivity index (χ4v) is 5.62. The molecule has 0 fully saturated rings. The lowest BCUT2D eigenvalue weighted by Gasteiger charge is -2.12. The first-order valence-electron chi connectivity index (χ1n) is 13.5. The summed E-state index contributed by atoms with van der Waals surface area (Å²) < 4.78 is 5.41. The molecular formula is C34H28N4O4S2. The minimum Gasteiger partial charge on any atom is -0.496 e. The minimum atomic E-state index is -0.479. The van der Waals surface area contributed by atoms with E-state index in [1.807, 2.05) is 72.1 Å². The molecule has 4 aromatic carbocycles. The van der Waals surface area contributed by atoms with Crippen LogP contribution in [0.3, 0.4) is 0 Å². The lowest BCUT2D eigenvalue weighted by Crippen LogP contribution is -2.30. The Morgan fingerprint density at radius 1 is 0.864 bits per heavy atom. The predicted molar refractivity (Wildman–Crippen MR) is 177 cm³/mol. The van der Waals surface area contributed by atoms with Crippen LogP contribution in [0.25, 0.3) is 17.3 Å². The summed E-state index contributed by atoms with van der Waals surface area (Å²) in [5, 5.41) is 10.8. The number of amides is 3. The van der Waals surface area contributed by atoms with Crippen LogP contribution in [0.2, 0.25) is 0 Å². The van der Waals surface area contributed by atoms with Gasteiger partial charge in [0.15, 0.2) is 5.13 Å². The van der Waals surface area contributed by atoms with Gasteiger partial charge >= 0.3 is 0 Å². The molecular weight excluding hydrogens is 593 g/mol.